The van der Waals surface area contributed by atoms with Gasteiger partial charge < -0.3 is 10.2 Å². The van der Waals surface area contributed by atoms with E-state index in [9.17, 15) is 13.2 Å². The summed E-state index contributed by atoms with van der Waals surface area (Å²) in [6.45, 7) is 1.71. The third-order valence-electron chi connectivity index (χ3n) is 5.50. The lowest BCUT2D eigenvalue weighted by Gasteiger charge is -2.22. The van der Waals surface area contributed by atoms with Crippen LogP contribution in [0.2, 0.25) is 5.02 Å². The molecule has 0 saturated heterocycles. The molecule has 33 heavy (non-hydrogen) atoms. The molecule has 0 unspecified atom stereocenters. The van der Waals surface area contributed by atoms with Crippen molar-refractivity contribution in [2.45, 2.75) is 17.9 Å². The van der Waals surface area contributed by atoms with Gasteiger partial charge in [0.15, 0.2) is 9.84 Å². The zero-order chi connectivity index (χ0) is 23.2. The van der Waals surface area contributed by atoms with Crippen molar-refractivity contribution in [3.63, 3.8) is 0 Å². The van der Waals surface area contributed by atoms with E-state index in [0.717, 1.165) is 40.3 Å². The molecule has 4 aromatic rings. The largest absolute Gasteiger partial charge is 0.316 e. The number of fused-ring (bicyclic) bond motifs is 2. The lowest BCUT2D eigenvalue weighted by atomic mass is 10.0. The van der Waals surface area contributed by atoms with Gasteiger partial charge in [0.1, 0.15) is 15.8 Å². The summed E-state index contributed by atoms with van der Waals surface area (Å²) >= 11 is 8.94. The Kier molecular flexibility index (Phi) is 6.00. The Bertz CT molecular complexity index is 1430. The van der Waals surface area contributed by atoms with Gasteiger partial charge in [-0.05, 0) is 55.4 Å². The lowest BCUT2D eigenvalue weighted by Crippen LogP contribution is -2.25. The lowest BCUT2D eigenvalue weighted by molar-refractivity contribution is -0.113. The fourth-order valence-electron chi connectivity index (χ4n) is 3.89. The van der Waals surface area contributed by atoms with E-state index in [1.807, 2.05) is 24.3 Å². The predicted molar refractivity (Wildman–Crippen MR) is 135 cm³/mol. The first-order chi connectivity index (χ1) is 15.8. The van der Waals surface area contributed by atoms with E-state index >= 15 is 0 Å². The number of rotatable bonds is 5. The maximum Gasteiger partial charge on any atom is 0.240 e. The molecule has 0 bridgehead atoms. The van der Waals surface area contributed by atoms with Crippen molar-refractivity contribution in [1.29, 1.82) is 0 Å². The van der Waals surface area contributed by atoms with Gasteiger partial charge in [-0.3, -0.25) is 4.79 Å². The smallest absolute Gasteiger partial charge is 0.240 e. The molecule has 2 aromatic carbocycles. The number of carbonyl (C=O) groups is 1. The fraction of sp³-hybridized carbons (Fsp3) is 0.217. The second kappa shape index (κ2) is 8.81. The van der Waals surface area contributed by atoms with Gasteiger partial charge in [0.05, 0.1) is 15.1 Å². The van der Waals surface area contributed by atoms with Crippen molar-refractivity contribution in [2.24, 2.45) is 0 Å². The van der Waals surface area contributed by atoms with Gasteiger partial charge in [-0.2, -0.15) is 0 Å². The highest BCUT2D eigenvalue weighted by Gasteiger charge is 2.28. The van der Waals surface area contributed by atoms with Crippen molar-refractivity contribution in [1.82, 2.24) is 9.88 Å². The number of hydrogen-bond donors (Lipinski definition) is 1. The van der Waals surface area contributed by atoms with Crippen molar-refractivity contribution in [2.75, 3.05) is 24.7 Å². The molecule has 5 rings (SSSR count). The average Bonchev–Trinajstić information content (AvgIpc) is 3.33. The summed E-state index contributed by atoms with van der Waals surface area (Å²) in [5, 5.41) is 4.82. The number of nitrogens with one attached hydrogen (secondary N) is 1. The number of thiazole rings is 1. The molecule has 6 nitrogen and oxygen atoms in total. The number of thiophene rings is 1. The van der Waals surface area contributed by atoms with Gasteiger partial charge in [-0.25, -0.2) is 13.4 Å². The van der Waals surface area contributed by atoms with E-state index in [-0.39, 0.29) is 4.90 Å². The maximum atomic E-state index is 12.9. The SMILES string of the molecule is CN1CCc2c(sc(NC(=O)CS(=O)(=O)c3ccc(Cl)cc3)c2-c2nc3ccccc3s2)C1. The minimum absolute atomic E-state index is 0.0699. The topological polar surface area (TPSA) is 79.4 Å². The minimum Gasteiger partial charge on any atom is -0.316 e. The molecule has 0 fully saturated rings. The Morgan fingerprint density at radius 3 is 2.67 bits per heavy atom. The number of aromatic nitrogens is 1. The highest BCUT2D eigenvalue weighted by Crippen LogP contribution is 2.45. The molecular weight excluding hydrogens is 498 g/mol. The normalized spacial score (nSPS) is 14.4. The summed E-state index contributed by atoms with van der Waals surface area (Å²) < 4.78 is 26.5. The van der Waals surface area contributed by atoms with Gasteiger partial charge in [0.25, 0.3) is 0 Å². The maximum absolute atomic E-state index is 12.9. The third-order valence-corrected chi connectivity index (χ3v) is 9.57. The number of anilines is 1. The molecule has 0 radical (unpaired) electrons. The standard InChI is InChI=1S/C23H20ClN3O3S3/c1-27-11-10-16-19(12-27)32-23(21(16)22-25-17-4-2-3-5-18(17)31-22)26-20(28)13-33(29,30)15-8-6-14(24)7-9-15/h2-9H,10-13H2,1H3,(H,26,28). The van der Waals surface area contributed by atoms with Gasteiger partial charge in [0, 0.05) is 28.6 Å². The number of halogens is 1. The first kappa shape index (κ1) is 22.5. The van der Waals surface area contributed by atoms with Gasteiger partial charge in [-0.1, -0.05) is 23.7 Å². The average molecular weight is 518 g/mol. The number of likely N-dealkylation sites (N-methyl/N-ethyl adjacent to an activating group) is 1. The zero-order valence-electron chi connectivity index (χ0n) is 17.7. The number of amides is 1. The van der Waals surface area contributed by atoms with Crippen LogP contribution < -0.4 is 5.32 Å². The highest BCUT2D eigenvalue weighted by atomic mass is 35.5. The molecule has 1 N–H and O–H groups in total. The Labute approximate surface area is 204 Å². The van der Waals surface area contributed by atoms with E-state index in [2.05, 4.69) is 17.3 Å². The highest BCUT2D eigenvalue weighted by molar-refractivity contribution is 7.92. The quantitative estimate of drug-likeness (QED) is 0.399. The first-order valence-electron chi connectivity index (χ1n) is 10.3. The van der Waals surface area contributed by atoms with E-state index in [1.54, 1.807) is 11.3 Å². The summed E-state index contributed by atoms with van der Waals surface area (Å²) in [5.74, 6) is -1.21. The number of sulfone groups is 1. The van der Waals surface area contributed by atoms with Gasteiger partial charge in [-0.15, -0.1) is 22.7 Å². The molecule has 1 aliphatic rings. The Morgan fingerprint density at radius 2 is 1.91 bits per heavy atom. The summed E-state index contributed by atoms with van der Waals surface area (Å²) in [5.41, 5.74) is 3.02. The van der Waals surface area contributed by atoms with Crippen LogP contribution in [-0.2, 0) is 27.6 Å². The van der Waals surface area contributed by atoms with Crippen LogP contribution in [0.3, 0.4) is 0 Å². The van der Waals surface area contributed by atoms with Gasteiger partial charge in [0.2, 0.25) is 5.91 Å². The van der Waals surface area contributed by atoms with Crippen LogP contribution in [0, 0.1) is 0 Å². The molecule has 1 aliphatic heterocycles. The number of nitrogens with zero attached hydrogens (tertiary/aromatic N) is 2. The molecule has 0 aliphatic carbocycles. The molecule has 0 atom stereocenters. The number of carbonyl (C=O) groups excluding carboxylic acids is 1. The van der Waals surface area contributed by atoms with E-state index in [0.29, 0.717) is 10.0 Å². The molecule has 2 aromatic heterocycles. The van der Waals surface area contributed by atoms with Crippen LogP contribution in [0.25, 0.3) is 20.8 Å². The van der Waals surface area contributed by atoms with E-state index in [4.69, 9.17) is 16.6 Å². The Morgan fingerprint density at radius 1 is 1.15 bits per heavy atom. The fourth-order valence-corrected chi connectivity index (χ4v) is 7.60. The number of para-hydroxylation sites is 1. The Balaban J connectivity index is 1.48. The number of benzene rings is 2. The summed E-state index contributed by atoms with van der Waals surface area (Å²) in [6, 6.07) is 13.8. The van der Waals surface area contributed by atoms with Gasteiger partial charge >= 0.3 is 0 Å². The first-order valence-corrected chi connectivity index (χ1v) is 13.9. The van der Waals surface area contributed by atoms with Crippen LogP contribution in [0.1, 0.15) is 10.4 Å². The van der Waals surface area contributed by atoms with Crippen LogP contribution in [0.15, 0.2) is 53.4 Å². The monoisotopic (exact) mass is 517 g/mol. The summed E-state index contributed by atoms with van der Waals surface area (Å²) in [7, 11) is -1.73. The second-order valence-electron chi connectivity index (χ2n) is 7.94. The van der Waals surface area contributed by atoms with Crippen molar-refractivity contribution in [3.05, 3.63) is 64.0 Å². The van der Waals surface area contributed by atoms with Crippen LogP contribution >= 0.6 is 34.3 Å². The molecule has 170 valence electrons. The Hall–Kier alpha value is -2.30. The molecule has 10 heteroatoms. The van der Waals surface area contributed by atoms with Crippen molar-refractivity contribution in [3.8, 4) is 10.6 Å². The van der Waals surface area contributed by atoms with E-state index < -0.39 is 21.5 Å². The van der Waals surface area contributed by atoms with Crippen LogP contribution in [-0.4, -0.2) is 43.6 Å². The molecule has 0 spiro atoms. The zero-order valence-corrected chi connectivity index (χ0v) is 20.9. The molecule has 3 heterocycles. The molecular formula is C23H20ClN3O3S3. The summed E-state index contributed by atoms with van der Waals surface area (Å²) in [4.78, 5) is 21.2. The van der Waals surface area contributed by atoms with Crippen molar-refractivity contribution < 1.29 is 13.2 Å². The molecule has 1 amide bonds. The van der Waals surface area contributed by atoms with Crippen LogP contribution in [0.4, 0.5) is 5.00 Å². The third kappa shape index (κ3) is 4.56. The van der Waals surface area contributed by atoms with Crippen LogP contribution in [0.5, 0.6) is 0 Å². The van der Waals surface area contributed by atoms with Crippen molar-refractivity contribution >= 4 is 65.2 Å². The minimum atomic E-state index is -3.79. The number of hydrogen-bond acceptors (Lipinski definition) is 7. The second-order valence-corrected chi connectivity index (χ2v) is 12.5. The molecule has 0 saturated carbocycles. The van der Waals surface area contributed by atoms with E-state index in [1.165, 1.54) is 46.0 Å². The predicted octanol–water partition coefficient (Wildman–Crippen LogP) is 5.08. The summed E-state index contributed by atoms with van der Waals surface area (Å²) in [6.07, 6.45) is 0.854.